The zero-order valence-electron chi connectivity index (χ0n) is 16.5. The van der Waals surface area contributed by atoms with Crippen LogP contribution in [0.15, 0.2) is 29.1 Å². The molecule has 1 saturated carbocycles. The quantitative estimate of drug-likeness (QED) is 0.834. The molecule has 0 bridgehead atoms. The van der Waals surface area contributed by atoms with Gasteiger partial charge in [0, 0.05) is 17.8 Å². The zero-order valence-corrected chi connectivity index (χ0v) is 16.5. The Morgan fingerprint density at radius 1 is 1.00 bits per heavy atom. The molecule has 2 fully saturated rings. The summed E-state index contributed by atoms with van der Waals surface area (Å²) >= 11 is 0. The van der Waals surface area contributed by atoms with E-state index in [0.717, 1.165) is 56.4 Å². The highest BCUT2D eigenvalue weighted by atomic mass is 16.2. The van der Waals surface area contributed by atoms with Crippen LogP contribution in [-0.2, 0) is 17.9 Å². The molecule has 1 aliphatic heterocycles. The molecule has 2 aromatic rings. The van der Waals surface area contributed by atoms with E-state index in [4.69, 9.17) is 0 Å². The van der Waals surface area contributed by atoms with Crippen molar-refractivity contribution in [3.8, 4) is 0 Å². The van der Waals surface area contributed by atoms with E-state index in [0.29, 0.717) is 18.5 Å². The van der Waals surface area contributed by atoms with Crippen molar-refractivity contribution in [2.45, 2.75) is 58.0 Å². The maximum atomic E-state index is 12.9. The highest BCUT2D eigenvalue weighted by Crippen LogP contribution is 2.24. The molecule has 1 N–H and O–H groups in total. The van der Waals surface area contributed by atoms with Gasteiger partial charge in [0.2, 0.25) is 5.91 Å². The van der Waals surface area contributed by atoms with Crippen LogP contribution < -0.4 is 10.9 Å². The maximum absolute atomic E-state index is 12.9. The van der Waals surface area contributed by atoms with Gasteiger partial charge in [0.1, 0.15) is 0 Å². The van der Waals surface area contributed by atoms with Gasteiger partial charge in [-0.15, -0.1) is 0 Å². The van der Waals surface area contributed by atoms with E-state index < -0.39 is 0 Å². The van der Waals surface area contributed by atoms with Gasteiger partial charge in [0.15, 0.2) is 0 Å². The predicted molar refractivity (Wildman–Crippen MR) is 110 cm³/mol. The molecular weight excluding hydrogens is 352 g/mol. The normalized spacial score (nSPS) is 18.6. The molecule has 2 aliphatic rings. The third-order valence-electron chi connectivity index (χ3n) is 6.18. The van der Waals surface area contributed by atoms with Gasteiger partial charge in [0.25, 0.3) is 5.56 Å². The van der Waals surface area contributed by atoms with Crippen LogP contribution in [0.4, 0.5) is 0 Å². The van der Waals surface area contributed by atoms with Crippen LogP contribution in [0.1, 0.15) is 50.6 Å². The Kier molecular flexibility index (Phi) is 6.05. The van der Waals surface area contributed by atoms with E-state index in [-0.39, 0.29) is 17.4 Å². The number of nitrogens with one attached hydrogen (secondary N) is 1. The average Bonchev–Trinajstić information content (AvgIpc) is 3.27. The molecule has 150 valence electrons. The van der Waals surface area contributed by atoms with Crippen molar-refractivity contribution < 1.29 is 4.79 Å². The summed E-state index contributed by atoms with van der Waals surface area (Å²) in [6.45, 7) is 4.02. The zero-order chi connectivity index (χ0) is 19.3. The minimum absolute atomic E-state index is 0.0443. The SMILES string of the molecule is O=C(NCc1nn(CCN2CCCC2)c(=O)c2ccccc12)C1CCCCC1. The maximum Gasteiger partial charge on any atom is 0.274 e. The second-order valence-electron chi connectivity index (χ2n) is 8.12. The monoisotopic (exact) mass is 382 g/mol. The molecule has 1 aromatic heterocycles. The largest absolute Gasteiger partial charge is 0.350 e. The molecule has 0 spiro atoms. The summed E-state index contributed by atoms with van der Waals surface area (Å²) < 4.78 is 1.59. The summed E-state index contributed by atoms with van der Waals surface area (Å²) in [4.78, 5) is 27.8. The third-order valence-corrected chi connectivity index (χ3v) is 6.18. The first-order valence-corrected chi connectivity index (χ1v) is 10.7. The van der Waals surface area contributed by atoms with E-state index in [9.17, 15) is 9.59 Å². The molecule has 0 unspecified atom stereocenters. The third kappa shape index (κ3) is 4.27. The van der Waals surface area contributed by atoms with Gasteiger partial charge >= 0.3 is 0 Å². The van der Waals surface area contributed by atoms with Crippen LogP contribution >= 0.6 is 0 Å². The lowest BCUT2D eigenvalue weighted by atomic mass is 9.88. The van der Waals surface area contributed by atoms with Crippen molar-refractivity contribution in [3.63, 3.8) is 0 Å². The van der Waals surface area contributed by atoms with Crippen molar-refractivity contribution in [3.05, 3.63) is 40.3 Å². The lowest BCUT2D eigenvalue weighted by molar-refractivity contribution is -0.126. The lowest BCUT2D eigenvalue weighted by Crippen LogP contribution is -2.34. The first-order chi connectivity index (χ1) is 13.7. The van der Waals surface area contributed by atoms with Gasteiger partial charge in [-0.25, -0.2) is 4.68 Å². The van der Waals surface area contributed by atoms with E-state index in [1.807, 2.05) is 24.3 Å². The topological polar surface area (TPSA) is 67.2 Å². The number of carbonyl (C=O) groups is 1. The van der Waals surface area contributed by atoms with Gasteiger partial charge in [0.05, 0.1) is 24.2 Å². The Morgan fingerprint density at radius 2 is 1.71 bits per heavy atom. The van der Waals surface area contributed by atoms with Crippen molar-refractivity contribution >= 4 is 16.7 Å². The highest BCUT2D eigenvalue weighted by molar-refractivity contribution is 5.84. The van der Waals surface area contributed by atoms with Crippen molar-refractivity contribution in [1.29, 1.82) is 0 Å². The van der Waals surface area contributed by atoms with Crippen LogP contribution in [0.5, 0.6) is 0 Å². The summed E-state index contributed by atoms with van der Waals surface area (Å²) in [6, 6.07) is 7.60. The number of fused-ring (bicyclic) bond motifs is 1. The second-order valence-corrected chi connectivity index (χ2v) is 8.12. The lowest BCUT2D eigenvalue weighted by Gasteiger charge is -2.21. The summed E-state index contributed by atoms with van der Waals surface area (Å²) in [7, 11) is 0. The Bertz CT molecular complexity index is 880. The highest BCUT2D eigenvalue weighted by Gasteiger charge is 2.21. The molecule has 0 atom stereocenters. The van der Waals surface area contributed by atoms with E-state index in [2.05, 4.69) is 15.3 Å². The van der Waals surface area contributed by atoms with Crippen molar-refractivity contribution in [2.24, 2.45) is 5.92 Å². The first-order valence-electron chi connectivity index (χ1n) is 10.7. The molecule has 6 nitrogen and oxygen atoms in total. The molecule has 4 rings (SSSR count). The minimum atomic E-state index is -0.0443. The van der Waals surface area contributed by atoms with E-state index in [1.54, 1.807) is 4.68 Å². The molecular formula is C22H30N4O2. The van der Waals surface area contributed by atoms with E-state index >= 15 is 0 Å². The first kappa shape index (κ1) is 19.1. The van der Waals surface area contributed by atoms with Crippen LogP contribution in [0.25, 0.3) is 10.8 Å². The Hall–Kier alpha value is -2.21. The molecule has 1 saturated heterocycles. The Balaban J connectivity index is 1.52. The molecule has 0 radical (unpaired) electrons. The number of nitrogens with zero attached hydrogens (tertiary/aromatic N) is 3. The number of aromatic nitrogens is 2. The smallest absolute Gasteiger partial charge is 0.274 e. The minimum Gasteiger partial charge on any atom is -0.350 e. The Morgan fingerprint density at radius 3 is 2.46 bits per heavy atom. The van der Waals surface area contributed by atoms with Crippen molar-refractivity contribution in [2.75, 3.05) is 19.6 Å². The van der Waals surface area contributed by atoms with Gasteiger partial charge < -0.3 is 10.2 Å². The number of amides is 1. The fraction of sp³-hybridized carbons (Fsp3) is 0.591. The van der Waals surface area contributed by atoms with Crippen LogP contribution in [0.2, 0.25) is 0 Å². The molecule has 1 amide bonds. The Labute approximate surface area is 165 Å². The molecule has 2 heterocycles. The molecule has 1 aliphatic carbocycles. The number of likely N-dealkylation sites (tertiary alicyclic amines) is 1. The summed E-state index contributed by atoms with van der Waals surface area (Å²) in [5.74, 6) is 0.251. The molecule has 28 heavy (non-hydrogen) atoms. The van der Waals surface area contributed by atoms with Gasteiger partial charge in [-0.3, -0.25) is 9.59 Å². The standard InChI is InChI=1S/C22H30N4O2/c27-21(17-8-2-1-3-9-17)23-16-20-18-10-4-5-11-19(18)22(28)26(24-20)15-14-25-12-6-7-13-25/h4-5,10-11,17H,1-3,6-9,12-16H2,(H,23,27). The van der Waals surface area contributed by atoms with Crippen LogP contribution in [0, 0.1) is 5.92 Å². The van der Waals surface area contributed by atoms with Crippen LogP contribution in [0.3, 0.4) is 0 Å². The fourth-order valence-electron chi connectivity index (χ4n) is 4.51. The number of benzene rings is 1. The average molecular weight is 383 g/mol. The number of rotatable bonds is 6. The molecule has 1 aromatic carbocycles. The number of hydrogen-bond donors (Lipinski definition) is 1. The fourth-order valence-corrected chi connectivity index (χ4v) is 4.51. The second kappa shape index (κ2) is 8.86. The number of carbonyl (C=O) groups excluding carboxylic acids is 1. The van der Waals surface area contributed by atoms with E-state index in [1.165, 1.54) is 19.3 Å². The predicted octanol–water partition coefficient (Wildman–Crippen LogP) is 2.69. The van der Waals surface area contributed by atoms with Crippen molar-refractivity contribution in [1.82, 2.24) is 20.0 Å². The summed E-state index contributed by atoms with van der Waals surface area (Å²) in [5, 5.41) is 9.24. The van der Waals surface area contributed by atoms with Gasteiger partial charge in [-0.1, -0.05) is 37.5 Å². The molecule has 6 heteroatoms. The van der Waals surface area contributed by atoms with Gasteiger partial charge in [-0.05, 0) is 44.8 Å². The number of hydrogen-bond acceptors (Lipinski definition) is 4. The van der Waals surface area contributed by atoms with Gasteiger partial charge in [-0.2, -0.15) is 5.10 Å². The van der Waals surface area contributed by atoms with Crippen LogP contribution in [-0.4, -0.2) is 40.2 Å². The summed E-state index contributed by atoms with van der Waals surface area (Å²) in [5.41, 5.74) is 0.734. The summed E-state index contributed by atoms with van der Waals surface area (Å²) in [6.07, 6.45) is 7.95.